The Morgan fingerprint density at radius 2 is 1.76 bits per heavy atom. The number of likely N-dealkylation sites (N-methyl/N-ethyl adjacent to an activating group) is 1. The zero-order chi connectivity index (χ0) is 15.2. The van der Waals surface area contributed by atoms with Gasteiger partial charge in [0.25, 0.3) is 5.91 Å². The van der Waals surface area contributed by atoms with Gasteiger partial charge in [-0.05, 0) is 31.0 Å². The number of carbonyl (C=O) groups excluding carboxylic acids is 1. The standard InChI is InChI=1S/C17H17F2NO/c1-2-20(12-11-13-7-4-3-5-8-13)17(21)14-9-6-10-15(18)16(14)19/h3-10H,2,11-12H2,1H3. The summed E-state index contributed by atoms with van der Waals surface area (Å²) in [5, 5.41) is 0. The highest BCUT2D eigenvalue weighted by molar-refractivity contribution is 5.94. The summed E-state index contributed by atoms with van der Waals surface area (Å²) in [5.41, 5.74) is 0.883. The van der Waals surface area contributed by atoms with E-state index in [4.69, 9.17) is 0 Å². The lowest BCUT2D eigenvalue weighted by atomic mass is 10.1. The average Bonchev–Trinajstić information content (AvgIpc) is 2.51. The molecule has 4 heteroatoms. The van der Waals surface area contributed by atoms with Gasteiger partial charge in [-0.25, -0.2) is 8.78 Å². The van der Waals surface area contributed by atoms with Crippen molar-refractivity contribution >= 4 is 5.91 Å². The quantitative estimate of drug-likeness (QED) is 0.822. The molecule has 0 unspecified atom stereocenters. The number of amides is 1. The van der Waals surface area contributed by atoms with Gasteiger partial charge in [0.05, 0.1) is 5.56 Å². The Bertz CT molecular complexity index is 613. The minimum Gasteiger partial charge on any atom is -0.339 e. The maximum atomic E-state index is 13.7. The Labute approximate surface area is 123 Å². The highest BCUT2D eigenvalue weighted by Crippen LogP contribution is 2.14. The Hall–Kier alpha value is -2.23. The number of hydrogen-bond donors (Lipinski definition) is 0. The molecule has 2 rings (SSSR count). The van der Waals surface area contributed by atoms with Gasteiger partial charge < -0.3 is 4.90 Å². The third-order valence-electron chi connectivity index (χ3n) is 3.36. The summed E-state index contributed by atoms with van der Waals surface area (Å²) in [6, 6.07) is 13.4. The minimum atomic E-state index is -1.08. The van der Waals surface area contributed by atoms with Gasteiger partial charge in [-0.2, -0.15) is 0 Å². The van der Waals surface area contributed by atoms with E-state index in [0.717, 1.165) is 11.6 Å². The SMILES string of the molecule is CCN(CCc1ccccc1)C(=O)c1cccc(F)c1F. The number of benzene rings is 2. The van der Waals surface area contributed by atoms with Gasteiger partial charge in [0.15, 0.2) is 11.6 Å². The van der Waals surface area contributed by atoms with Crippen LogP contribution in [0.3, 0.4) is 0 Å². The van der Waals surface area contributed by atoms with Gasteiger partial charge >= 0.3 is 0 Å². The second-order valence-electron chi connectivity index (χ2n) is 4.72. The molecule has 21 heavy (non-hydrogen) atoms. The topological polar surface area (TPSA) is 20.3 Å². The van der Waals surface area contributed by atoms with E-state index >= 15 is 0 Å². The lowest BCUT2D eigenvalue weighted by molar-refractivity contribution is 0.0760. The van der Waals surface area contributed by atoms with E-state index in [2.05, 4.69) is 0 Å². The summed E-state index contributed by atoms with van der Waals surface area (Å²) in [6.07, 6.45) is 0.678. The van der Waals surface area contributed by atoms with Crippen LogP contribution in [0.15, 0.2) is 48.5 Å². The van der Waals surface area contributed by atoms with Crippen molar-refractivity contribution < 1.29 is 13.6 Å². The van der Waals surface area contributed by atoms with Crippen molar-refractivity contribution in [1.29, 1.82) is 0 Å². The van der Waals surface area contributed by atoms with Gasteiger partial charge in [-0.15, -0.1) is 0 Å². The van der Waals surface area contributed by atoms with E-state index < -0.39 is 17.5 Å². The molecular weight excluding hydrogens is 272 g/mol. The molecule has 0 N–H and O–H groups in total. The van der Waals surface area contributed by atoms with Gasteiger partial charge in [0.1, 0.15) is 0 Å². The highest BCUT2D eigenvalue weighted by atomic mass is 19.2. The lowest BCUT2D eigenvalue weighted by Gasteiger charge is -2.21. The Morgan fingerprint density at radius 3 is 2.43 bits per heavy atom. The highest BCUT2D eigenvalue weighted by Gasteiger charge is 2.19. The summed E-state index contributed by atoms with van der Waals surface area (Å²) in [4.78, 5) is 13.8. The van der Waals surface area contributed by atoms with Crippen LogP contribution in [0.4, 0.5) is 8.78 Å². The van der Waals surface area contributed by atoms with Crippen LogP contribution in [0.25, 0.3) is 0 Å². The molecule has 0 bridgehead atoms. The zero-order valence-corrected chi connectivity index (χ0v) is 11.9. The molecule has 0 saturated carbocycles. The summed E-state index contributed by atoms with van der Waals surface area (Å²) in [7, 11) is 0. The first-order valence-electron chi connectivity index (χ1n) is 6.90. The fourth-order valence-corrected chi connectivity index (χ4v) is 2.15. The number of hydrogen-bond acceptors (Lipinski definition) is 1. The zero-order valence-electron chi connectivity index (χ0n) is 11.9. The Morgan fingerprint density at radius 1 is 1.05 bits per heavy atom. The Balaban J connectivity index is 2.10. The Kier molecular flexibility index (Phi) is 5.04. The third kappa shape index (κ3) is 3.66. The van der Waals surface area contributed by atoms with Gasteiger partial charge in [0, 0.05) is 13.1 Å². The summed E-state index contributed by atoms with van der Waals surface area (Å²) in [5.74, 6) is -2.56. The van der Waals surface area contributed by atoms with Crippen molar-refractivity contribution in [2.45, 2.75) is 13.3 Å². The summed E-state index contributed by atoms with van der Waals surface area (Å²) >= 11 is 0. The van der Waals surface area contributed by atoms with Crippen LogP contribution < -0.4 is 0 Å². The van der Waals surface area contributed by atoms with E-state index in [9.17, 15) is 13.6 Å². The van der Waals surface area contributed by atoms with Gasteiger partial charge in [-0.3, -0.25) is 4.79 Å². The van der Waals surface area contributed by atoms with Gasteiger partial charge in [0.2, 0.25) is 0 Å². The molecule has 0 aromatic heterocycles. The van der Waals surface area contributed by atoms with Crippen molar-refractivity contribution in [2.24, 2.45) is 0 Å². The molecule has 0 aliphatic rings. The molecule has 0 fully saturated rings. The lowest BCUT2D eigenvalue weighted by Crippen LogP contribution is -2.33. The van der Waals surface area contributed by atoms with Gasteiger partial charge in [-0.1, -0.05) is 36.4 Å². The first kappa shape index (κ1) is 15.2. The predicted octanol–water partition coefficient (Wildman–Crippen LogP) is 3.67. The molecule has 110 valence electrons. The van der Waals surface area contributed by atoms with E-state index in [1.54, 1.807) is 0 Å². The molecular formula is C17H17F2NO. The molecule has 0 atom stereocenters. The van der Waals surface area contributed by atoms with E-state index in [1.807, 2.05) is 37.3 Å². The summed E-state index contributed by atoms with van der Waals surface area (Å²) in [6.45, 7) is 2.73. The molecule has 0 spiro atoms. The van der Waals surface area contributed by atoms with E-state index in [0.29, 0.717) is 19.5 Å². The first-order valence-corrected chi connectivity index (χ1v) is 6.90. The van der Waals surface area contributed by atoms with Crippen LogP contribution in [0.5, 0.6) is 0 Å². The molecule has 2 nitrogen and oxygen atoms in total. The second kappa shape index (κ2) is 6.97. The molecule has 0 radical (unpaired) electrons. The van der Waals surface area contributed by atoms with Crippen LogP contribution in [0.1, 0.15) is 22.8 Å². The van der Waals surface area contributed by atoms with Crippen molar-refractivity contribution in [3.05, 3.63) is 71.3 Å². The monoisotopic (exact) mass is 289 g/mol. The van der Waals surface area contributed by atoms with E-state index in [1.165, 1.54) is 17.0 Å². The van der Waals surface area contributed by atoms with Crippen LogP contribution in [0, 0.1) is 11.6 Å². The van der Waals surface area contributed by atoms with Crippen LogP contribution in [-0.4, -0.2) is 23.9 Å². The first-order chi connectivity index (χ1) is 10.1. The second-order valence-corrected chi connectivity index (χ2v) is 4.72. The molecule has 2 aromatic carbocycles. The number of rotatable bonds is 5. The van der Waals surface area contributed by atoms with Crippen molar-refractivity contribution in [1.82, 2.24) is 4.90 Å². The maximum absolute atomic E-state index is 13.7. The number of carbonyl (C=O) groups is 1. The number of nitrogens with zero attached hydrogens (tertiary/aromatic N) is 1. The average molecular weight is 289 g/mol. The van der Waals surface area contributed by atoms with Crippen LogP contribution in [0.2, 0.25) is 0 Å². The fourth-order valence-electron chi connectivity index (χ4n) is 2.15. The molecule has 0 heterocycles. The smallest absolute Gasteiger partial charge is 0.256 e. The molecule has 0 aliphatic heterocycles. The third-order valence-corrected chi connectivity index (χ3v) is 3.36. The predicted molar refractivity (Wildman–Crippen MR) is 78.1 cm³/mol. The molecule has 2 aromatic rings. The van der Waals surface area contributed by atoms with E-state index in [-0.39, 0.29) is 5.56 Å². The molecule has 0 saturated heterocycles. The number of halogens is 2. The molecule has 1 amide bonds. The van der Waals surface area contributed by atoms with Crippen molar-refractivity contribution in [2.75, 3.05) is 13.1 Å². The fraction of sp³-hybridized carbons (Fsp3) is 0.235. The van der Waals surface area contributed by atoms with Crippen molar-refractivity contribution in [3.8, 4) is 0 Å². The minimum absolute atomic E-state index is 0.218. The summed E-state index contributed by atoms with van der Waals surface area (Å²) < 4.78 is 26.9. The van der Waals surface area contributed by atoms with Crippen LogP contribution in [-0.2, 0) is 6.42 Å². The van der Waals surface area contributed by atoms with Crippen molar-refractivity contribution in [3.63, 3.8) is 0 Å². The largest absolute Gasteiger partial charge is 0.339 e. The van der Waals surface area contributed by atoms with Crippen LogP contribution >= 0.6 is 0 Å². The molecule has 0 aliphatic carbocycles. The normalized spacial score (nSPS) is 10.4. The maximum Gasteiger partial charge on any atom is 0.256 e.